The summed E-state index contributed by atoms with van der Waals surface area (Å²) < 4.78 is 17.7. The average Bonchev–Trinajstić information content (AvgIpc) is 3.03. The molecule has 1 aromatic rings. The van der Waals surface area contributed by atoms with Crippen molar-refractivity contribution in [2.45, 2.75) is 124 Å². The van der Waals surface area contributed by atoms with E-state index in [1.807, 2.05) is 46.4 Å². The first-order chi connectivity index (χ1) is 17.9. The number of likely N-dealkylation sites (tertiary alicyclic amines) is 1. The molecule has 0 spiro atoms. The van der Waals surface area contributed by atoms with Crippen LogP contribution in [0.2, 0.25) is 0 Å². The summed E-state index contributed by atoms with van der Waals surface area (Å²) in [6, 6.07) is -0.505. The number of anilines is 1. The normalized spacial score (nSPS) is 21.7. The second-order valence-electron chi connectivity index (χ2n) is 13.4. The van der Waals surface area contributed by atoms with Crippen LogP contribution in [0, 0.1) is 5.92 Å². The summed E-state index contributed by atoms with van der Waals surface area (Å²) in [4.78, 5) is 39.5. The fourth-order valence-corrected chi connectivity index (χ4v) is 4.91. The minimum absolute atomic E-state index is 0.0414. The Labute approximate surface area is 234 Å². The van der Waals surface area contributed by atoms with Crippen molar-refractivity contribution < 1.29 is 23.6 Å². The smallest absolute Gasteiger partial charge is 0.444 e. The molecule has 3 rings (SSSR count). The number of carbonyl (C=O) groups is 2. The van der Waals surface area contributed by atoms with Crippen LogP contribution in [0.25, 0.3) is 0 Å². The van der Waals surface area contributed by atoms with Gasteiger partial charge in [-0.2, -0.15) is 0 Å². The summed E-state index contributed by atoms with van der Waals surface area (Å²) in [6.45, 7) is 22.7. The van der Waals surface area contributed by atoms with Gasteiger partial charge in [0, 0.05) is 43.0 Å². The highest BCUT2D eigenvalue weighted by molar-refractivity contribution is 6.61. The molecule has 10 nitrogen and oxygen atoms in total. The van der Waals surface area contributed by atoms with Crippen molar-refractivity contribution in [1.82, 2.24) is 20.2 Å². The molecule has 218 valence electrons. The molecule has 0 aromatic carbocycles. The van der Waals surface area contributed by atoms with Crippen molar-refractivity contribution in [3.63, 3.8) is 0 Å². The van der Waals surface area contributed by atoms with Gasteiger partial charge in [-0.25, -0.2) is 14.8 Å². The van der Waals surface area contributed by atoms with Crippen molar-refractivity contribution in [1.29, 1.82) is 0 Å². The predicted octanol–water partition coefficient (Wildman–Crippen LogP) is 3.53. The third-order valence-corrected chi connectivity index (χ3v) is 7.68. The first kappa shape index (κ1) is 31.1. The maximum absolute atomic E-state index is 13.6. The quantitative estimate of drug-likeness (QED) is 0.519. The molecule has 2 aliphatic heterocycles. The van der Waals surface area contributed by atoms with Crippen molar-refractivity contribution in [2.24, 2.45) is 5.92 Å². The Morgan fingerprint density at radius 2 is 1.67 bits per heavy atom. The van der Waals surface area contributed by atoms with E-state index in [-0.39, 0.29) is 23.9 Å². The Morgan fingerprint density at radius 3 is 2.15 bits per heavy atom. The number of aromatic nitrogens is 2. The van der Waals surface area contributed by atoms with E-state index in [9.17, 15) is 9.59 Å². The molecule has 1 N–H and O–H groups in total. The van der Waals surface area contributed by atoms with Crippen LogP contribution in [0.15, 0.2) is 12.4 Å². The molecule has 1 aromatic heterocycles. The van der Waals surface area contributed by atoms with Gasteiger partial charge in [0.2, 0.25) is 11.9 Å². The number of nitrogens with zero attached hydrogens (tertiary/aromatic N) is 4. The molecule has 2 fully saturated rings. The van der Waals surface area contributed by atoms with Crippen molar-refractivity contribution >= 4 is 30.5 Å². The van der Waals surface area contributed by atoms with Gasteiger partial charge in [-0.1, -0.05) is 13.8 Å². The molecule has 11 heteroatoms. The van der Waals surface area contributed by atoms with Gasteiger partial charge in [0.05, 0.1) is 11.2 Å². The predicted molar refractivity (Wildman–Crippen MR) is 153 cm³/mol. The van der Waals surface area contributed by atoms with Crippen LogP contribution < -0.4 is 15.7 Å². The maximum Gasteiger partial charge on any atom is 0.498 e. The number of carbonyl (C=O) groups excluding carboxylic acids is 2. The lowest BCUT2D eigenvalue weighted by Gasteiger charge is -2.42. The van der Waals surface area contributed by atoms with Gasteiger partial charge >= 0.3 is 13.2 Å². The lowest BCUT2D eigenvalue weighted by molar-refractivity contribution is -0.135. The van der Waals surface area contributed by atoms with Crippen LogP contribution in [0.1, 0.15) is 89.0 Å². The van der Waals surface area contributed by atoms with Crippen LogP contribution in [0.3, 0.4) is 0 Å². The van der Waals surface area contributed by atoms with Crippen molar-refractivity contribution in [3.8, 4) is 0 Å². The summed E-state index contributed by atoms with van der Waals surface area (Å²) in [6.07, 6.45) is 4.72. The standard InChI is InChI=1S/C28H48BN5O5/c1-18(2)22(32-25(36)37-26(5,6)7)23(35)33-14-12-13-21(17-33)34(19(3)4)24-30-15-20(16-31-24)29-38-27(8,9)28(10,11)39-29/h15-16,18-19,21-22H,12-14,17H2,1-11H3,(H,32,36)/t21-,22?/m0/s1. The van der Waals surface area contributed by atoms with E-state index in [1.165, 1.54) is 0 Å². The van der Waals surface area contributed by atoms with Gasteiger partial charge in [-0.05, 0) is 81.1 Å². The monoisotopic (exact) mass is 545 g/mol. The van der Waals surface area contributed by atoms with E-state index < -0.39 is 36.1 Å². The second-order valence-corrected chi connectivity index (χ2v) is 13.4. The topological polar surface area (TPSA) is 106 Å². The van der Waals surface area contributed by atoms with Gasteiger partial charge in [0.25, 0.3) is 0 Å². The second kappa shape index (κ2) is 11.6. The first-order valence-corrected chi connectivity index (χ1v) is 14.2. The number of hydrogen-bond acceptors (Lipinski definition) is 8. The fourth-order valence-electron chi connectivity index (χ4n) is 4.91. The molecule has 39 heavy (non-hydrogen) atoms. The zero-order chi connectivity index (χ0) is 29.3. The fraction of sp³-hybridized carbons (Fsp3) is 0.786. The Kier molecular flexibility index (Phi) is 9.27. The summed E-state index contributed by atoms with van der Waals surface area (Å²) in [5.41, 5.74) is -0.745. The first-order valence-electron chi connectivity index (χ1n) is 14.2. The minimum Gasteiger partial charge on any atom is -0.444 e. The number of rotatable bonds is 7. The summed E-state index contributed by atoms with van der Waals surface area (Å²) >= 11 is 0. The molecule has 0 saturated carbocycles. The van der Waals surface area contributed by atoms with Gasteiger partial charge in [0.15, 0.2) is 0 Å². The average molecular weight is 546 g/mol. The van der Waals surface area contributed by atoms with Crippen LogP contribution in [0.5, 0.6) is 0 Å². The highest BCUT2D eigenvalue weighted by atomic mass is 16.7. The zero-order valence-corrected chi connectivity index (χ0v) is 25.7. The minimum atomic E-state index is -0.665. The van der Waals surface area contributed by atoms with Crippen LogP contribution >= 0.6 is 0 Å². The van der Waals surface area contributed by atoms with Gasteiger partial charge in [0.1, 0.15) is 11.6 Å². The van der Waals surface area contributed by atoms with Gasteiger partial charge in [-0.3, -0.25) is 4.79 Å². The SMILES string of the molecule is CC(C)C(NC(=O)OC(C)(C)C)C(=O)N1CCC[C@H](N(c2ncc(B3OC(C)(C)C(C)(C)O3)cn2)C(C)C)C1. The largest absolute Gasteiger partial charge is 0.498 e. The molecule has 3 heterocycles. The number of nitrogens with one attached hydrogen (secondary N) is 1. The molecule has 1 unspecified atom stereocenters. The Bertz CT molecular complexity index is 993. The molecule has 2 saturated heterocycles. The molecular formula is C28H48BN5O5. The van der Waals surface area contributed by atoms with E-state index in [4.69, 9.17) is 24.0 Å². The van der Waals surface area contributed by atoms with Crippen molar-refractivity contribution in [3.05, 3.63) is 12.4 Å². The van der Waals surface area contributed by atoms with Crippen LogP contribution in [0.4, 0.5) is 10.7 Å². The third kappa shape index (κ3) is 7.42. The van der Waals surface area contributed by atoms with Crippen molar-refractivity contribution in [2.75, 3.05) is 18.0 Å². The summed E-state index contributed by atoms with van der Waals surface area (Å²) in [5.74, 6) is 0.426. The highest BCUT2D eigenvalue weighted by Gasteiger charge is 2.52. The zero-order valence-electron chi connectivity index (χ0n) is 25.7. The van der Waals surface area contributed by atoms with Crippen LogP contribution in [-0.4, -0.2) is 82.0 Å². The Hall–Kier alpha value is -2.40. The summed E-state index contributed by atoms with van der Waals surface area (Å²) in [7, 11) is -0.523. The molecule has 2 amide bonds. The molecule has 0 bridgehead atoms. The number of amides is 2. The lowest BCUT2D eigenvalue weighted by Crippen LogP contribution is -2.58. The van der Waals surface area contributed by atoms with E-state index in [1.54, 1.807) is 33.2 Å². The third-order valence-electron chi connectivity index (χ3n) is 7.68. The number of hydrogen-bond donors (Lipinski definition) is 1. The van der Waals surface area contributed by atoms with Gasteiger partial charge in [-0.15, -0.1) is 0 Å². The maximum atomic E-state index is 13.6. The van der Waals surface area contributed by atoms with Gasteiger partial charge < -0.3 is 29.2 Å². The Morgan fingerprint density at radius 1 is 1.10 bits per heavy atom. The molecule has 2 atom stereocenters. The number of piperidine rings is 1. The van der Waals surface area contributed by atoms with E-state index >= 15 is 0 Å². The summed E-state index contributed by atoms with van der Waals surface area (Å²) in [5, 5.41) is 2.80. The molecular weight excluding hydrogens is 497 g/mol. The lowest BCUT2D eigenvalue weighted by atomic mass is 9.81. The highest BCUT2D eigenvalue weighted by Crippen LogP contribution is 2.36. The van der Waals surface area contributed by atoms with E-state index in [0.29, 0.717) is 19.0 Å². The molecule has 0 aliphatic carbocycles. The number of ether oxygens (including phenoxy) is 1. The number of alkyl carbamates (subject to hydrolysis) is 1. The Balaban J connectivity index is 1.73. The molecule has 2 aliphatic rings. The van der Waals surface area contributed by atoms with E-state index in [0.717, 1.165) is 18.3 Å². The van der Waals surface area contributed by atoms with Crippen LogP contribution in [-0.2, 0) is 18.8 Å². The van der Waals surface area contributed by atoms with E-state index in [2.05, 4.69) is 24.1 Å². The molecule has 0 radical (unpaired) electrons.